The van der Waals surface area contributed by atoms with Gasteiger partial charge in [0.2, 0.25) is 0 Å². The van der Waals surface area contributed by atoms with Gasteiger partial charge in [0.05, 0.1) is 58.7 Å². The van der Waals surface area contributed by atoms with E-state index < -0.39 is 0 Å². The Hall–Kier alpha value is -9.39. The standard InChI is InChI=1S/C28H39N5.2C26H34N4.C26H35N3.C24H32N4/c1-31(27-12-5-8-21-10-7-13-29-28(21)27)18-23-16-25-22(17-30-23)9-6-11-26(25)33-19-24(20-33)32-14-3-2-4-15-32;2*1-29(24-10-2-6-19-8-4-13-27-25(19)24)16-21-14-22-20(15-28-21)7-3-9-23(22)30-17-26(18-30)11-5-12-26;1-19-11-13-24(14-12-19)29(25-10-4-8-20-9-5-15-27-26(20)25)18-23-16-21-6-2-3-7-22(21)17-28-23;1-17-14-28(15-17)22-9-4-7-19-13-26-20(12-21(19)22)16-27(2)23-10-3-6-18-8-5-11-25-24(18)23/h6-7,9-11,13,23-24,27,30H,2-5,8,12,14-20H2,1H3;2*3-4,7-9,13,21,24,28H,2,5-6,10-12,14-18H2,1H3;2-3,5-7,9,15,19,23-25,28H,4,8,10-14,16-18H2,1H3;4-5,7-9,11,17,20,23,26H,3,6,10,12-16H2,1-2H3/t23-,27-;21-,24+;21-,24-;19?,23-,24?,25+;20-,23+/m01011/s1. The normalized spacial score (nSPS) is 26.7. The summed E-state index contributed by atoms with van der Waals surface area (Å²) in [5.74, 6) is 1.72. The largest absolute Gasteiger partial charge is 0.371 e. The van der Waals surface area contributed by atoms with Crippen molar-refractivity contribution < 1.29 is 0 Å². The Balaban J connectivity index is 0.0000000999. The number of pyridine rings is 5. The number of hydrogen-bond donors (Lipinski definition) is 5. The number of fused-ring (bicyclic) bond motifs is 10. The fourth-order valence-electron chi connectivity index (χ4n) is 30.9. The molecule has 5 saturated heterocycles. The molecule has 10 aliphatic heterocycles. The highest BCUT2D eigenvalue weighted by Gasteiger charge is 2.51. The molecule has 20 nitrogen and oxygen atoms in total. The van der Waals surface area contributed by atoms with Crippen LogP contribution in [0.25, 0.3) is 0 Å². The van der Waals surface area contributed by atoms with E-state index >= 15 is 0 Å². The predicted molar refractivity (Wildman–Crippen MR) is 612 cm³/mol. The summed E-state index contributed by atoms with van der Waals surface area (Å²) in [6.45, 7) is 27.8. The number of likely N-dealkylation sites (N-methyl/N-ethyl adjacent to an activating group) is 4. The number of aryl methyl sites for hydroxylation is 5. The third-order valence-electron chi connectivity index (χ3n) is 39.7. The summed E-state index contributed by atoms with van der Waals surface area (Å²) in [6.07, 6.45) is 52.4. The Kier molecular flexibility index (Phi) is 31.6. The van der Waals surface area contributed by atoms with Crippen LogP contribution in [-0.2, 0) is 96.9 Å². The molecule has 3 saturated carbocycles. The third kappa shape index (κ3) is 22.5. The van der Waals surface area contributed by atoms with Gasteiger partial charge in [-0.2, -0.15) is 0 Å². The zero-order valence-electron chi connectivity index (χ0n) is 91.7. The first kappa shape index (κ1) is 102. The second kappa shape index (κ2) is 46.3. The van der Waals surface area contributed by atoms with Crippen LogP contribution in [0.3, 0.4) is 0 Å². The summed E-state index contributed by atoms with van der Waals surface area (Å²) in [7, 11) is 9.19. The predicted octanol–water partition coefficient (Wildman–Crippen LogP) is 20.6. The first-order valence-corrected chi connectivity index (χ1v) is 59.8. The van der Waals surface area contributed by atoms with Crippen LogP contribution in [0.2, 0.25) is 0 Å². The van der Waals surface area contributed by atoms with Crippen molar-refractivity contribution in [2.75, 3.05) is 146 Å². The fraction of sp³-hybridized carbons (Fsp3) is 0.577. The van der Waals surface area contributed by atoms with E-state index in [1.54, 1.807) is 22.3 Å². The first-order valence-electron chi connectivity index (χ1n) is 59.8. The third-order valence-corrected chi connectivity index (χ3v) is 39.7. The number of nitrogens with one attached hydrogen (secondary N) is 5. The Morgan fingerprint density at radius 1 is 0.280 bits per heavy atom. The molecule has 20 heteroatoms. The van der Waals surface area contributed by atoms with Crippen molar-refractivity contribution in [1.82, 2.24) is 80.9 Å². The molecule has 5 N–H and O–H groups in total. The van der Waals surface area contributed by atoms with Crippen LogP contribution in [0, 0.1) is 22.7 Å². The Labute approximate surface area is 898 Å². The van der Waals surface area contributed by atoms with Crippen LogP contribution in [0.15, 0.2) is 189 Å². The molecule has 8 aliphatic carbocycles. The maximum atomic E-state index is 4.90. The van der Waals surface area contributed by atoms with Crippen molar-refractivity contribution >= 4 is 22.7 Å². The van der Waals surface area contributed by atoms with E-state index in [1.165, 1.54) is 358 Å². The molecule has 0 bridgehead atoms. The molecule has 150 heavy (non-hydrogen) atoms. The second-order valence-corrected chi connectivity index (χ2v) is 50.1. The fourth-order valence-corrected chi connectivity index (χ4v) is 30.9. The molecule has 18 aliphatic rings. The average molecular weight is 2020 g/mol. The van der Waals surface area contributed by atoms with Gasteiger partial charge in [-0.15, -0.1) is 0 Å². The number of piperidine rings is 1. The molecule has 10 atom stereocenters. The maximum Gasteiger partial charge on any atom is 0.0607 e. The van der Waals surface area contributed by atoms with Gasteiger partial charge in [-0.05, 0) is 384 Å². The molecule has 2 spiro atoms. The summed E-state index contributed by atoms with van der Waals surface area (Å²) in [6, 6.07) is 64.9. The number of benzene rings is 5. The smallest absolute Gasteiger partial charge is 0.0607 e. The van der Waals surface area contributed by atoms with Gasteiger partial charge in [0, 0.05) is 225 Å². The molecule has 794 valence electrons. The first-order chi connectivity index (χ1) is 73.6. The van der Waals surface area contributed by atoms with Crippen LogP contribution in [0.5, 0.6) is 0 Å². The Morgan fingerprint density at radius 2 is 0.587 bits per heavy atom. The number of likely N-dealkylation sites (tertiary alicyclic amines) is 1. The van der Waals surface area contributed by atoms with Crippen molar-refractivity contribution in [3.63, 3.8) is 0 Å². The van der Waals surface area contributed by atoms with Crippen LogP contribution in [-0.4, -0.2) is 223 Å². The van der Waals surface area contributed by atoms with Gasteiger partial charge in [0.15, 0.2) is 0 Å². The van der Waals surface area contributed by atoms with E-state index in [0.717, 1.165) is 115 Å². The van der Waals surface area contributed by atoms with Crippen molar-refractivity contribution in [2.24, 2.45) is 22.7 Å². The average Bonchev–Trinajstić information content (AvgIpc) is 0.736. The highest BCUT2D eigenvalue weighted by atomic mass is 15.3. The number of nitrogens with zero attached hydrogens (tertiary/aromatic N) is 15. The minimum atomic E-state index is 0.453. The lowest BCUT2D eigenvalue weighted by atomic mass is 9.63. The highest BCUT2D eigenvalue weighted by Crippen LogP contribution is 2.53. The summed E-state index contributed by atoms with van der Waals surface area (Å²) >= 11 is 0. The number of anilines is 4. The Morgan fingerprint density at radius 3 is 0.933 bits per heavy atom. The minimum absolute atomic E-state index is 0.453. The quantitative estimate of drug-likeness (QED) is 0.0462. The number of hydrogen-bond acceptors (Lipinski definition) is 20. The molecule has 5 aromatic heterocycles. The molecule has 0 amide bonds. The van der Waals surface area contributed by atoms with Crippen LogP contribution >= 0.6 is 0 Å². The van der Waals surface area contributed by atoms with Gasteiger partial charge in [-0.3, -0.25) is 54.3 Å². The van der Waals surface area contributed by atoms with Crippen molar-refractivity contribution in [3.05, 3.63) is 301 Å². The molecule has 0 unspecified atom stereocenters. The summed E-state index contributed by atoms with van der Waals surface area (Å²) in [4.78, 5) is 50.3. The molecular weight excluding hydrogens is 1840 g/mol. The van der Waals surface area contributed by atoms with E-state index in [-0.39, 0.29) is 0 Å². The van der Waals surface area contributed by atoms with Crippen LogP contribution in [0.4, 0.5) is 22.7 Å². The molecule has 8 fully saturated rings. The van der Waals surface area contributed by atoms with Gasteiger partial charge in [-0.1, -0.05) is 136 Å². The van der Waals surface area contributed by atoms with Crippen molar-refractivity contribution in [2.45, 2.75) is 331 Å². The highest BCUT2D eigenvalue weighted by molar-refractivity contribution is 5.64. The van der Waals surface area contributed by atoms with E-state index in [0.29, 0.717) is 77.3 Å². The van der Waals surface area contributed by atoms with Gasteiger partial charge in [-0.25, -0.2) is 0 Å². The molecule has 15 heterocycles. The van der Waals surface area contributed by atoms with Crippen molar-refractivity contribution in [3.8, 4) is 0 Å². The van der Waals surface area contributed by atoms with E-state index in [9.17, 15) is 0 Å². The minimum Gasteiger partial charge on any atom is -0.371 e. The molecule has 28 rings (SSSR count). The zero-order chi connectivity index (χ0) is 101. The molecule has 5 aromatic carbocycles. The van der Waals surface area contributed by atoms with Gasteiger partial charge in [0.25, 0.3) is 0 Å². The molecule has 0 radical (unpaired) electrons. The summed E-state index contributed by atoms with van der Waals surface area (Å²) in [5.41, 5.74) is 36.7. The van der Waals surface area contributed by atoms with E-state index in [2.05, 4.69) is 275 Å². The van der Waals surface area contributed by atoms with E-state index in [1.807, 2.05) is 31.0 Å². The van der Waals surface area contributed by atoms with Crippen LogP contribution in [0.1, 0.15) is 304 Å². The lowest BCUT2D eigenvalue weighted by Gasteiger charge is -2.57. The lowest BCUT2D eigenvalue weighted by Crippen LogP contribution is -2.60. The topological polar surface area (TPSA) is 157 Å². The SMILES string of the molecule is CC1CCC(N(C[C@H]2Cc3ccccc3CN2)[C@H]2CCCc3cccnc32)CC1.CC1CN(c2cccc3c2C[C@H](CN(C)[C@H]2CCCc4cccnc42)NC3)C1.CN(C[C@@H]1Cc2c(cccc2N2CC(N3CCCCC3)C2)CN1)[C@H]1CCCc2cccnc21.CN(C[C@@H]1Cc2c(cccc2N2CC3(CCC3)C2)CN1)[C@H]1CCCc2cccnc21.CN(C[C@H]1Cc2c(cccc2N2CC3(CCC3)C2)CN1)[C@H]1CCCc2cccnc21. The van der Waals surface area contributed by atoms with E-state index in [4.69, 9.17) is 24.9 Å². The molecule has 10 aromatic rings. The van der Waals surface area contributed by atoms with Gasteiger partial charge in [0.1, 0.15) is 0 Å². The van der Waals surface area contributed by atoms with Crippen LogP contribution < -0.4 is 46.2 Å². The lowest BCUT2D eigenvalue weighted by molar-refractivity contribution is 0.0687. The maximum absolute atomic E-state index is 4.90. The zero-order valence-corrected chi connectivity index (χ0v) is 91.7. The van der Waals surface area contributed by atoms with Gasteiger partial charge >= 0.3 is 0 Å². The summed E-state index contributed by atoms with van der Waals surface area (Å²) in [5, 5.41) is 19.2. The number of rotatable bonds is 21. The second-order valence-electron chi connectivity index (χ2n) is 50.1. The number of aromatic nitrogens is 5. The Bertz CT molecular complexity index is 6050. The molecular formula is C130H174N20. The summed E-state index contributed by atoms with van der Waals surface area (Å²) < 4.78 is 0. The van der Waals surface area contributed by atoms with Gasteiger partial charge < -0.3 is 46.2 Å². The monoisotopic (exact) mass is 2020 g/mol. The van der Waals surface area contributed by atoms with Crippen molar-refractivity contribution in [1.29, 1.82) is 0 Å².